The minimum atomic E-state index is 0. The van der Waals surface area contributed by atoms with Gasteiger partial charge >= 0.3 is 18.9 Å². The van der Waals surface area contributed by atoms with Gasteiger partial charge in [-0.3, -0.25) is 0 Å². The molecule has 0 aromatic carbocycles. The van der Waals surface area contributed by atoms with Crippen molar-refractivity contribution in [2.24, 2.45) is 5.92 Å². The molecule has 0 fully saturated rings. The van der Waals surface area contributed by atoms with E-state index in [1.165, 1.54) is 32.1 Å². The first-order valence-corrected chi connectivity index (χ1v) is 7.54. The maximum Gasteiger partial charge on any atom is 1.00 e. The van der Waals surface area contributed by atoms with Crippen molar-refractivity contribution < 1.29 is 18.9 Å². The molecule has 0 aliphatic rings. The summed E-state index contributed by atoms with van der Waals surface area (Å²) >= 11 is 3.54. The van der Waals surface area contributed by atoms with E-state index >= 15 is 0 Å². The third kappa shape index (κ3) is 31.6. The minimum absolute atomic E-state index is 0. The first-order valence-electron chi connectivity index (χ1n) is 6.62. The summed E-state index contributed by atoms with van der Waals surface area (Å²) < 4.78 is 0. The summed E-state index contributed by atoms with van der Waals surface area (Å²) in [4.78, 5) is 0.677. The Labute approximate surface area is 130 Å². The zero-order chi connectivity index (χ0) is 12.8. The Bertz CT molecular complexity index is 140. The smallest absolute Gasteiger partial charge is 0.343 e. The van der Waals surface area contributed by atoms with Gasteiger partial charge in [0.25, 0.3) is 0 Å². The zero-order valence-electron chi connectivity index (χ0n) is 12.6. The first kappa shape index (κ1) is 23.0. The first-order chi connectivity index (χ1) is 7.54. The van der Waals surface area contributed by atoms with Crippen LogP contribution in [0.4, 0.5) is 0 Å². The molecule has 1 unspecified atom stereocenters. The van der Waals surface area contributed by atoms with Crippen LogP contribution in [0.1, 0.15) is 66.2 Å². The Morgan fingerprint density at radius 1 is 1.18 bits per heavy atom. The van der Waals surface area contributed by atoms with Gasteiger partial charge in [0.05, 0.1) is 0 Å². The van der Waals surface area contributed by atoms with Crippen LogP contribution in [-0.2, 0) is 0 Å². The van der Waals surface area contributed by atoms with Gasteiger partial charge in [-0.05, 0) is 31.6 Å². The van der Waals surface area contributed by atoms with Gasteiger partial charge in [0.15, 0.2) is 0 Å². The molecule has 2 heteroatoms. The molecule has 98 valence electrons. The van der Waals surface area contributed by atoms with Crippen molar-refractivity contribution in [3.63, 3.8) is 0 Å². The molecule has 0 saturated carbocycles. The van der Waals surface area contributed by atoms with Crippen LogP contribution in [0.5, 0.6) is 0 Å². The van der Waals surface area contributed by atoms with Gasteiger partial charge in [-0.25, -0.2) is 0 Å². The van der Waals surface area contributed by atoms with Gasteiger partial charge in [0.1, 0.15) is 0 Å². The van der Waals surface area contributed by atoms with E-state index in [2.05, 4.69) is 62.7 Å². The van der Waals surface area contributed by atoms with E-state index in [0.717, 1.165) is 12.3 Å². The Balaban J connectivity index is -0.000000340. The Morgan fingerprint density at radius 2 is 1.71 bits per heavy atom. The molecule has 0 N–H and O–H groups in total. The maximum atomic E-state index is 3.60. The summed E-state index contributed by atoms with van der Waals surface area (Å²) in [5.74, 6) is 0.802. The molecule has 0 aromatic heterocycles. The van der Waals surface area contributed by atoms with E-state index in [9.17, 15) is 0 Å². The monoisotopic (exact) mass is 296 g/mol. The van der Waals surface area contributed by atoms with Gasteiger partial charge in [0.2, 0.25) is 0 Å². The van der Waals surface area contributed by atoms with Crippen LogP contribution in [0.3, 0.4) is 0 Å². The van der Waals surface area contributed by atoms with Crippen LogP contribution in [0.25, 0.3) is 0 Å². The van der Waals surface area contributed by atoms with Gasteiger partial charge in [-0.2, -0.15) is 6.42 Å². The van der Waals surface area contributed by atoms with Crippen molar-refractivity contribution in [2.75, 3.05) is 0 Å². The average molecular weight is 297 g/mol. The SMILES string of the molecule is CC(C)CC=CCCCC(C)Br.[CH2-]CCC.[Li+]. The molecular weight excluding hydrogens is 267 g/mol. The second kappa shape index (κ2) is 19.2. The number of allylic oxidation sites excluding steroid dienone is 2. The average Bonchev–Trinajstić information content (AvgIpc) is 2.23. The van der Waals surface area contributed by atoms with Crippen molar-refractivity contribution in [3.8, 4) is 0 Å². The summed E-state index contributed by atoms with van der Waals surface area (Å²) in [6, 6.07) is 0. The number of hydrogen-bond acceptors (Lipinski definition) is 0. The molecule has 0 spiro atoms. The summed E-state index contributed by atoms with van der Waals surface area (Å²) in [7, 11) is 0. The standard InChI is InChI=1S/C11H21Br.C4H9.Li/c1-10(2)8-6-4-5-7-9-11(3)12;1-3-4-2;/h4,6,10-11H,5,7-9H2,1-3H3;1,3-4H2,2H3;/q;-1;+1. The van der Waals surface area contributed by atoms with E-state index in [1.807, 2.05) is 0 Å². The van der Waals surface area contributed by atoms with Crippen molar-refractivity contribution in [1.29, 1.82) is 0 Å². The predicted octanol–water partition coefficient (Wildman–Crippen LogP) is 3.17. The van der Waals surface area contributed by atoms with Crippen molar-refractivity contribution >= 4 is 15.9 Å². The summed E-state index contributed by atoms with van der Waals surface area (Å²) in [6.07, 6.45) is 12.0. The van der Waals surface area contributed by atoms with Gasteiger partial charge in [-0.1, -0.05) is 62.2 Å². The fraction of sp³-hybridized carbons (Fsp3) is 0.800. The van der Waals surface area contributed by atoms with Crippen LogP contribution in [0, 0.1) is 12.8 Å². The number of alkyl halides is 1. The zero-order valence-corrected chi connectivity index (χ0v) is 14.2. The van der Waals surface area contributed by atoms with Crippen LogP contribution >= 0.6 is 15.9 Å². The van der Waals surface area contributed by atoms with E-state index in [1.54, 1.807) is 0 Å². The minimum Gasteiger partial charge on any atom is -0.343 e. The maximum absolute atomic E-state index is 3.60. The molecule has 0 aliphatic heterocycles. The molecule has 0 amide bonds. The Morgan fingerprint density at radius 3 is 2.06 bits per heavy atom. The van der Waals surface area contributed by atoms with E-state index < -0.39 is 0 Å². The molecule has 0 heterocycles. The number of rotatable bonds is 7. The molecule has 0 rings (SSSR count). The third-order valence-electron chi connectivity index (χ3n) is 2.10. The second-order valence-corrected chi connectivity index (χ2v) is 6.23. The largest absolute Gasteiger partial charge is 1.00 e. The van der Waals surface area contributed by atoms with Crippen molar-refractivity contribution in [2.45, 2.75) is 71.0 Å². The Hall–Kier alpha value is 0.817. The van der Waals surface area contributed by atoms with E-state index in [0.29, 0.717) is 4.83 Å². The molecule has 0 aromatic rings. The van der Waals surface area contributed by atoms with Crippen LogP contribution in [0.15, 0.2) is 12.2 Å². The summed E-state index contributed by atoms with van der Waals surface area (Å²) in [6.45, 7) is 12.4. The van der Waals surface area contributed by atoms with Crippen molar-refractivity contribution in [1.82, 2.24) is 0 Å². The second-order valence-electron chi connectivity index (χ2n) is 4.67. The molecule has 1 atom stereocenters. The molecular formula is C15H30BrLi. The quantitative estimate of drug-likeness (QED) is 0.223. The van der Waals surface area contributed by atoms with Gasteiger partial charge < -0.3 is 6.92 Å². The van der Waals surface area contributed by atoms with Crippen LogP contribution in [0.2, 0.25) is 0 Å². The van der Waals surface area contributed by atoms with E-state index in [4.69, 9.17) is 0 Å². The van der Waals surface area contributed by atoms with Crippen LogP contribution in [-0.4, -0.2) is 4.83 Å². The van der Waals surface area contributed by atoms with Gasteiger partial charge in [0, 0.05) is 4.83 Å². The third-order valence-corrected chi connectivity index (χ3v) is 2.56. The molecule has 0 radical (unpaired) electrons. The number of hydrogen-bond donors (Lipinski definition) is 0. The Kier molecular flexibility index (Phi) is 25.9. The summed E-state index contributed by atoms with van der Waals surface area (Å²) in [5.41, 5.74) is 0. The fourth-order valence-electron chi connectivity index (χ4n) is 1.00. The van der Waals surface area contributed by atoms with Crippen LogP contribution < -0.4 is 18.9 Å². The van der Waals surface area contributed by atoms with E-state index in [-0.39, 0.29) is 18.9 Å². The summed E-state index contributed by atoms with van der Waals surface area (Å²) in [5, 5.41) is 0. The number of halogens is 1. The molecule has 0 aliphatic carbocycles. The molecule has 0 nitrogen and oxygen atoms in total. The predicted molar refractivity (Wildman–Crippen MR) is 81.1 cm³/mol. The fourth-order valence-corrected chi connectivity index (χ4v) is 1.33. The molecule has 17 heavy (non-hydrogen) atoms. The number of unbranched alkanes of at least 4 members (excludes halogenated alkanes) is 2. The topological polar surface area (TPSA) is 0 Å². The van der Waals surface area contributed by atoms with Crippen molar-refractivity contribution in [3.05, 3.63) is 19.1 Å². The molecule has 0 bridgehead atoms. The molecule has 0 saturated heterocycles. The van der Waals surface area contributed by atoms with Gasteiger partial charge in [-0.15, -0.1) is 0 Å². The normalized spacial score (nSPS) is 11.9.